The van der Waals surface area contributed by atoms with Crippen LogP contribution >= 0.6 is 0 Å². The normalized spacial score (nSPS) is 16.5. The minimum atomic E-state index is -5.08. The van der Waals surface area contributed by atoms with Gasteiger partial charge in [-0.3, -0.25) is 4.98 Å². The van der Waals surface area contributed by atoms with Gasteiger partial charge in [-0.1, -0.05) is 37.6 Å². The van der Waals surface area contributed by atoms with Gasteiger partial charge < -0.3 is 29.9 Å². The molecule has 1 fully saturated rings. The molecule has 0 bridgehead atoms. The van der Waals surface area contributed by atoms with Gasteiger partial charge >= 0.3 is 24.1 Å². The number of aromatic nitrogens is 1. The van der Waals surface area contributed by atoms with Crippen LogP contribution in [0.3, 0.4) is 0 Å². The van der Waals surface area contributed by atoms with E-state index in [4.69, 9.17) is 19.4 Å². The Morgan fingerprint density at radius 3 is 2.40 bits per heavy atom. The molecule has 43 heavy (non-hydrogen) atoms. The highest BCUT2D eigenvalue weighted by atomic mass is 19.4. The van der Waals surface area contributed by atoms with Crippen molar-refractivity contribution in [3.05, 3.63) is 65.0 Å². The van der Waals surface area contributed by atoms with Crippen molar-refractivity contribution in [3.8, 4) is 0 Å². The lowest BCUT2D eigenvalue weighted by Crippen LogP contribution is -2.42. The number of amides is 2. The van der Waals surface area contributed by atoms with Crippen molar-refractivity contribution < 1.29 is 47.2 Å². The number of rotatable bonds is 13. The molecule has 1 aromatic heterocycles. The van der Waals surface area contributed by atoms with E-state index in [0.29, 0.717) is 37.4 Å². The molecule has 238 valence electrons. The summed E-state index contributed by atoms with van der Waals surface area (Å²) in [5.41, 5.74) is 2.74. The maximum absolute atomic E-state index is 12.8. The van der Waals surface area contributed by atoms with E-state index in [1.54, 1.807) is 30.3 Å². The van der Waals surface area contributed by atoms with Crippen molar-refractivity contribution in [2.45, 2.75) is 83.9 Å². The number of aromatic carboxylic acids is 1. The quantitative estimate of drug-likeness (QED) is 0.250. The second-order valence-electron chi connectivity index (χ2n) is 10.2. The van der Waals surface area contributed by atoms with E-state index in [0.717, 1.165) is 49.7 Å². The number of nitrogens with one attached hydrogen (secondary N) is 1. The number of aliphatic carboxylic acids is 1. The molecule has 10 nitrogen and oxygen atoms in total. The number of aryl methyl sites for hydroxylation is 1. The molecule has 1 heterocycles. The Morgan fingerprint density at radius 1 is 1.09 bits per heavy atom. The van der Waals surface area contributed by atoms with Crippen LogP contribution in [-0.2, 0) is 27.4 Å². The van der Waals surface area contributed by atoms with E-state index < -0.39 is 18.1 Å². The lowest BCUT2D eigenvalue weighted by atomic mass is 9.94. The van der Waals surface area contributed by atoms with Crippen molar-refractivity contribution in [2.75, 3.05) is 19.7 Å². The number of nitrogens with zero attached hydrogens (tertiary/aromatic N) is 2. The average Bonchev–Trinajstić information content (AvgIpc) is 2.96. The topological polar surface area (TPSA) is 138 Å². The van der Waals surface area contributed by atoms with Gasteiger partial charge in [-0.05, 0) is 61.8 Å². The molecule has 1 saturated carbocycles. The first-order chi connectivity index (χ1) is 20.4. The van der Waals surface area contributed by atoms with Crippen molar-refractivity contribution in [1.29, 1.82) is 0 Å². The third kappa shape index (κ3) is 13.0. The summed E-state index contributed by atoms with van der Waals surface area (Å²) in [4.78, 5) is 39.2. The highest BCUT2D eigenvalue weighted by molar-refractivity contribution is 5.91. The number of ether oxygens (including phenoxy) is 2. The largest absolute Gasteiger partial charge is 0.490 e. The van der Waals surface area contributed by atoms with E-state index in [1.165, 1.54) is 0 Å². The van der Waals surface area contributed by atoms with Crippen LogP contribution in [0.4, 0.5) is 18.0 Å². The molecule has 1 aliphatic carbocycles. The zero-order valence-electron chi connectivity index (χ0n) is 24.4. The van der Waals surface area contributed by atoms with Crippen LogP contribution in [0, 0.1) is 6.92 Å². The Balaban J connectivity index is 0.000000821. The molecule has 0 aliphatic heterocycles. The third-order valence-corrected chi connectivity index (χ3v) is 6.77. The van der Waals surface area contributed by atoms with Crippen LogP contribution in [0.5, 0.6) is 0 Å². The van der Waals surface area contributed by atoms with Gasteiger partial charge in [0.15, 0.2) is 0 Å². The fraction of sp³-hybridized carbons (Fsp3) is 0.533. The van der Waals surface area contributed by atoms with E-state index in [2.05, 4.69) is 17.2 Å². The minimum absolute atomic E-state index is 0.0229. The Hall–Kier alpha value is -3.71. The van der Waals surface area contributed by atoms with E-state index in [9.17, 15) is 27.9 Å². The molecule has 0 saturated heterocycles. The summed E-state index contributed by atoms with van der Waals surface area (Å²) >= 11 is 0. The summed E-state index contributed by atoms with van der Waals surface area (Å²) < 4.78 is 44.0. The summed E-state index contributed by atoms with van der Waals surface area (Å²) in [5, 5.41) is 19.7. The molecular weight excluding hydrogens is 571 g/mol. The number of benzene rings is 1. The molecule has 3 rings (SSSR count). The zero-order valence-corrected chi connectivity index (χ0v) is 24.4. The number of halogens is 3. The first-order valence-corrected chi connectivity index (χ1v) is 14.2. The summed E-state index contributed by atoms with van der Waals surface area (Å²) in [5.74, 6) is -3.68. The molecule has 13 heteroatoms. The van der Waals surface area contributed by atoms with Crippen LogP contribution in [0.15, 0.2) is 42.7 Å². The van der Waals surface area contributed by atoms with Crippen LogP contribution in [0.2, 0.25) is 0 Å². The zero-order chi connectivity index (χ0) is 31.8. The molecule has 0 unspecified atom stereocenters. The molecule has 1 aromatic carbocycles. The van der Waals surface area contributed by atoms with Crippen LogP contribution < -0.4 is 5.32 Å². The lowest BCUT2D eigenvalue weighted by molar-refractivity contribution is -0.192. The van der Waals surface area contributed by atoms with E-state index in [1.807, 2.05) is 24.3 Å². The van der Waals surface area contributed by atoms with Crippen molar-refractivity contribution >= 4 is 18.0 Å². The average molecular weight is 612 g/mol. The molecule has 2 amide bonds. The van der Waals surface area contributed by atoms with Crippen molar-refractivity contribution in [2.24, 2.45) is 0 Å². The van der Waals surface area contributed by atoms with Crippen LogP contribution in [0.25, 0.3) is 0 Å². The van der Waals surface area contributed by atoms with Gasteiger partial charge in [-0.2, -0.15) is 13.2 Å². The lowest BCUT2D eigenvalue weighted by Gasteiger charge is -2.30. The maximum atomic E-state index is 12.8. The minimum Gasteiger partial charge on any atom is -0.478 e. The van der Waals surface area contributed by atoms with Gasteiger partial charge in [-0.15, -0.1) is 0 Å². The fourth-order valence-corrected chi connectivity index (χ4v) is 4.55. The number of pyridine rings is 1. The molecule has 0 spiro atoms. The van der Waals surface area contributed by atoms with Crippen LogP contribution in [-0.4, -0.2) is 76.1 Å². The van der Waals surface area contributed by atoms with Gasteiger partial charge in [0.1, 0.15) is 0 Å². The van der Waals surface area contributed by atoms with Crippen LogP contribution in [0.1, 0.15) is 72.5 Å². The monoisotopic (exact) mass is 611 g/mol. The number of carbonyl (C=O) groups is 3. The Bertz CT molecular complexity index is 1170. The maximum Gasteiger partial charge on any atom is 0.490 e. The standard InChI is InChI=1S/C28H39N3O5.C2HF3O2/c1-3-4-14-30-28(34)31(19-22-9-7-13-29-18-22)15-16-35-24-11-6-12-25(17-24)36-20-23-10-5-8-21(2)26(23)27(32)33;3-2(4,5)1(6)7/h5,7-10,13,18,24-25H,3-4,6,11-12,14-17,19-20H2,1-2H3,(H,30,34)(H,32,33);(H,6,7)/t24-,25+;/m0./s1. The van der Waals surface area contributed by atoms with Gasteiger partial charge in [-0.25, -0.2) is 14.4 Å². The fourth-order valence-electron chi connectivity index (χ4n) is 4.55. The number of alkyl halides is 3. The Morgan fingerprint density at radius 2 is 1.79 bits per heavy atom. The van der Waals surface area contributed by atoms with E-state index in [-0.39, 0.29) is 24.8 Å². The number of hydrogen-bond acceptors (Lipinski definition) is 6. The number of carbonyl (C=O) groups excluding carboxylic acids is 1. The first-order valence-electron chi connectivity index (χ1n) is 14.2. The Kier molecular flexibility index (Phi) is 14.9. The number of carboxylic acids is 2. The van der Waals surface area contributed by atoms with Crippen molar-refractivity contribution in [3.63, 3.8) is 0 Å². The smallest absolute Gasteiger partial charge is 0.478 e. The second kappa shape index (κ2) is 18.1. The predicted molar refractivity (Wildman–Crippen MR) is 152 cm³/mol. The predicted octanol–water partition coefficient (Wildman–Crippen LogP) is 5.58. The second-order valence-corrected chi connectivity index (χ2v) is 10.2. The SMILES string of the molecule is CCCCNC(=O)N(CCO[C@H]1CCC[C@@H](OCc2cccc(C)c2C(=O)O)C1)Cc1cccnc1.O=C(O)C(F)(F)F. The van der Waals surface area contributed by atoms with Gasteiger partial charge in [0.2, 0.25) is 0 Å². The molecule has 2 atom stereocenters. The number of hydrogen-bond donors (Lipinski definition) is 3. The third-order valence-electron chi connectivity index (χ3n) is 6.77. The molecular formula is C30H40F3N3O7. The van der Waals surface area contributed by atoms with E-state index >= 15 is 0 Å². The first kappa shape index (κ1) is 35.5. The molecule has 0 radical (unpaired) electrons. The number of urea groups is 1. The number of unbranched alkanes of at least 4 members (excludes halogenated alkanes) is 1. The number of carboxylic acid groups (broad SMARTS) is 2. The highest BCUT2D eigenvalue weighted by Crippen LogP contribution is 2.25. The molecule has 1 aliphatic rings. The summed E-state index contributed by atoms with van der Waals surface area (Å²) in [6.07, 6.45) is 4.11. The van der Waals surface area contributed by atoms with Gasteiger partial charge in [0, 0.05) is 32.0 Å². The van der Waals surface area contributed by atoms with Crippen molar-refractivity contribution in [1.82, 2.24) is 15.2 Å². The van der Waals surface area contributed by atoms with Gasteiger partial charge in [0.25, 0.3) is 0 Å². The Labute approximate surface area is 249 Å². The molecule has 2 aromatic rings. The summed E-state index contributed by atoms with van der Waals surface area (Å²) in [6.45, 7) is 6.25. The highest BCUT2D eigenvalue weighted by Gasteiger charge is 2.38. The summed E-state index contributed by atoms with van der Waals surface area (Å²) in [6, 6.07) is 9.23. The summed E-state index contributed by atoms with van der Waals surface area (Å²) in [7, 11) is 0. The molecule has 3 N–H and O–H groups in total. The van der Waals surface area contributed by atoms with Gasteiger partial charge in [0.05, 0.1) is 31.0 Å².